The van der Waals surface area contributed by atoms with Crippen LogP contribution in [0.1, 0.15) is 29.6 Å². The largest absolute Gasteiger partial charge is 0.390 e. The molecule has 0 spiro atoms. The predicted molar refractivity (Wildman–Crippen MR) is 76.3 cm³/mol. The second kappa shape index (κ2) is 8.50. The van der Waals surface area contributed by atoms with Crippen molar-refractivity contribution in [3.8, 4) is 0 Å². The number of benzene rings is 1. The van der Waals surface area contributed by atoms with Crippen LogP contribution in [-0.4, -0.2) is 43.0 Å². The number of carbonyl (C=O) groups excluding carboxylic acids is 2. The van der Waals surface area contributed by atoms with E-state index < -0.39 is 30.2 Å². The number of nitrogens with zero attached hydrogens (tertiary/aromatic N) is 1. The lowest BCUT2D eigenvalue weighted by molar-refractivity contribution is -0.144. The van der Waals surface area contributed by atoms with Gasteiger partial charge in [-0.05, 0) is 30.7 Å². The summed E-state index contributed by atoms with van der Waals surface area (Å²) in [6.45, 7) is -0.181. The fraction of sp³-hybridized carbons (Fsp3) is 0.467. The molecule has 0 aliphatic heterocycles. The maximum Gasteiger partial charge on any atom is 0.390 e. The fourth-order valence-corrected chi connectivity index (χ4v) is 1.75. The summed E-state index contributed by atoms with van der Waals surface area (Å²) in [7, 11) is 1.31. The fourth-order valence-electron chi connectivity index (χ4n) is 1.75. The van der Waals surface area contributed by atoms with E-state index in [4.69, 9.17) is 0 Å². The lowest BCUT2D eigenvalue weighted by Gasteiger charge is -2.18. The van der Waals surface area contributed by atoms with Gasteiger partial charge in [0, 0.05) is 32.1 Å². The molecule has 1 N–H and O–H groups in total. The molecule has 0 atom stereocenters. The highest BCUT2D eigenvalue weighted by Crippen LogP contribution is 2.19. The van der Waals surface area contributed by atoms with Crippen molar-refractivity contribution >= 4 is 11.8 Å². The van der Waals surface area contributed by atoms with Crippen molar-refractivity contribution in [3.63, 3.8) is 0 Å². The molecule has 4 nitrogen and oxygen atoms in total. The van der Waals surface area contributed by atoms with Crippen LogP contribution in [-0.2, 0) is 4.79 Å². The monoisotopic (exact) mass is 334 g/mol. The Morgan fingerprint density at radius 2 is 1.78 bits per heavy atom. The first-order chi connectivity index (χ1) is 10.7. The first-order valence-corrected chi connectivity index (χ1v) is 7.03. The van der Waals surface area contributed by atoms with Crippen LogP contribution in [0.4, 0.5) is 17.6 Å². The van der Waals surface area contributed by atoms with E-state index in [2.05, 4.69) is 5.32 Å². The van der Waals surface area contributed by atoms with Crippen LogP contribution in [0.25, 0.3) is 0 Å². The Bertz CT molecular complexity index is 529. The van der Waals surface area contributed by atoms with Crippen LogP contribution in [0.2, 0.25) is 0 Å². The predicted octanol–water partition coefficient (Wildman–Crippen LogP) is 2.75. The maximum atomic E-state index is 12.7. The second-order valence-electron chi connectivity index (χ2n) is 5.05. The Morgan fingerprint density at radius 3 is 2.35 bits per heavy atom. The lowest BCUT2D eigenvalue weighted by atomic mass is 10.2. The molecule has 2 amide bonds. The summed E-state index contributed by atoms with van der Waals surface area (Å²) in [5.41, 5.74) is 0.292. The molecular weight excluding hydrogens is 316 g/mol. The van der Waals surface area contributed by atoms with Crippen LogP contribution < -0.4 is 5.32 Å². The summed E-state index contributed by atoms with van der Waals surface area (Å²) in [4.78, 5) is 24.3. The molecule has 0 fully saturated rings. The lowest BCUT2D eigenvalue weighted by Crippen LogP contribution is -2.31. The van der Waals surface area contributed by atoms with Crippen LogP contribution in [0, 0.1) is 5.82 Å². The summed E-state index contributed by atoms with van der Waals surface area (Å²) >= 11 is 0. The minimum atomic E-state index is -4.29. The van der Waals surface area contributed by atoms with Gasteiger partial charge in [-0.1, -0.05) is 0 Å². The Balaban J connectivity index is 2.24. The number of halogens is 4. The molecule has 0 unspecified atom stereocenters. The minimum absolute atomic E-state index is 0.0397. The standard InChI is InChI=1S/C15H18F4N2O2/c1-21(10-8-15(17,18)19)13(22)3-2-9-20-14(23)11-4-6-12(16)7-5-11/h4-7H,2-3,8-10H2,1H3,(H,20,23). The molecule has 0 heterocycles. The summed E-state index contributed by atoms with van der Waals surface area (Å²) in [6.07, 6.45) is -4.99. The molecule has 0 saturated carbocycles. The molecule has 8 heteroatoms. The van der Waals surface area contributed by atoms with E-state index in [-0.39, 0.29) is 19.5 Å². The molecular formula is C15H18F4N2O2. The van der Waals surface area contributed by atoms with Gasteiger partial charge in [-0.25, -0.2) is 4.39 Å². The van der Waals surface area contributed by atoms with Gasteiger partial charge in [-0.2, -0.15) is 13.2 Å². The van der Waals surface area contributed by atoms with Crippen LogP contribution in [0.15, 0.2) is 24.3 Å². The van der Waals surface area contributed by atoms with Crippen molar-refractivity contribution < 1.29 is 27.2 Å². The van der Waals surface area contributed by atoms with Gasteiger partial charge in [0.1, 0.15) is 5.82 Å². The Kier molecular flexibility index (Phi) is 6.99. The van der Waals surface area contributed by atoms with Crippen molar-refractivity contribution in [2.24, 2.45) is 0 Å². The number of amides is 2. The molecule has 0 radical (unpaired) electrons. The minimum Gasteiger partial charge on any atom is -0.352 e. The number of carbonyl (C=O) groups is 2. The normalized spacial score (nSPS) is 11.2. The van der Waals surface area contributed by atoms with E-state index in [0.717, 1.165) is 17.0 Å². The van der Waals surface area contributed by atoms with Gasteiger partial charge in [0.25, 0.3) is 5.91 Å². The van der Waals surface area contributed by atoms with Crippen LogP contribution in [0.5, 0.6) is 0 Å². The summed E-state index contributed by atoms with van der Waals surface area (Å²) < 4.78 is 48.9. The quantitative estimate of drug-likeness (QED) is 0.616. The van der Waals surface area contributed by atoms with E-state index in [9.17, 15) is 27.2 Å². The summed E-state index contributed by atoms with van der Waals surface area (Å²) in [6, 6.07) is 4.99. The number of hydrogen-bond donors (Lipinski definition) is 1. The number of rotatable bonds is 7. The third-order valence-corrected chi connectivity index (χ3v) is 3.12. The average Bonchev–Trinajstić information content (AvgIpc) is 2.48. The summed E-state index contributed by atoms with van der Waals surface area (Å²) in [5.74, 6) is -1.26. The highest BCUT2D eigenvalue weighted by Gasteiger charge is 2.27. The number of alkyl halides is 3. The molecule has 0 aromatic heterocycles. The van der Waals surface area contributed by atoms with E-state index in [1.54, 1.807) is 0 Å². The van der Waals surface area contributed by atoms with E-state index in [1.807, 2.05) is 0 Å². The molecule has 23 heavy (non-hydrogen) atoms. The molecule has 1 aromatic rings. The zero-order chi connectivity index (χ0) is 17.5. The van der Waals surface area contributed by atoms with Crippen molar-refractivity contribution in [3.05, 3.63) is 35.6 Å². The van der Waals surface area contributed by atoms with Gasteiger partial charge in [-0.3, -0.25) is 9.59 Å². The van der Waals surface area contributed by atoms with Gasteiger partial charge < -0.3 is 10.2 Å². The van der Waals surface area contributed by atoms with E-state index >= 15 is 0 Å². The van der Waals surface area contributed by atoms with Crippen LogP contribution >= 0.6 is 0 Å². The Hall–Kier alpha value is -2.12. The zero-order valence-corrected chi connectivity index (χ0v) is 12.6. The molecule has 128 valence electrons. The third kappa shape index (κ3) is 7.62. The van der Waals surface area contributed by atoms with E-state index in [1.165, 1.54) is 19.2 Å². The molecule has 0 bridgehead atoms. The Morgan fingerprint density at radius 1 is 1.17 bits per heavy atom. The zero-order valence-electron chi connectivity index (χ0n) is 12.6. The van der Waals surface area contributed by atoms with E-state index in [0.29, 0.717) is 12.0 Å². The van der Waals surface area contributed by atoms with Crippen LogP contribution in [0.3, 0.4) is 0 Å². The Labute approximate surface area is 131 Å². The third-order valence-electron chi connectivity index (χ3n) is 3.12. The molecule has 1 aromatic carbocycles. The molecule has 0 aliphatic carbocycles. The molecule has 1 rings (SSSR count). The average molecular weight is 334 g/mol. The van der Waals surface area contributed by atoms with Gasteiger partial charge in [0.2, 0.25) is 5.91 Å². The maximum absolute atomic E-state index is 12.7. The first-order valence-electron chi connectivity index (χ1n) is 7.03. The topological polar surface area (TPSA) is 49.4 Å². The van der Waals surface area contributed by atoms with Gasteiger partial charge >= 0.3 is 6.18 Å². The number of nitrogens with one attached hydrogen (secondary N) is 1. The van der Waals surface area contributed by atoms with Gasteiger partial charge in [0.05, 0.1) is 6.42 Å². The van der Waals surface area contributed by atoms with Crippen molar-refractivity contribution in [2.45, 2.75) is 25.4 Å². The first kappa shape index (κ1) is 18.9. The highest BCUT2D eigenvalue weighted by atomic mass is 19.4. The summed E-state index contributed by atoms with van der Waals surface area (Å²) in [5, 5.41) is 2.56. The molecule has 0 aliphatic rings. The van der Waals surface area contributed by atoms with Gasteiger partial charge in [0.15, 0.2) is 0 Å². The van der Waals surface area contributed by atoms with Crippen molar-refractivity contribution in [1.82, 2.24) is 10.2 Å². The highest BCUT2D eigenvalue weighted by molar-refractivity contribution is 5.94. The number of hydrogen-bond acceptors (Lipinski definition) is 2. The van der Waals surface area contributed by atoms with Gasteiger partial charge in [-0.15, -0.1) is 0 Å². The SMILES string of the molecule is CN(CCC(F)(F)F)C(=O)CCCNC(=O)c1ccc(F)cc1. The smallest absolute Gasteiger partial charge is 0.352 e. The second-order valence-corrected chi connectivity index (χ2v) is 5.05. The van der Waals surface area contributed by atoms with Crippen molar-refractivity contribution in [2.75, 3.05) is 20.1 Å². The molecule has 0 saturated heterocycles. The van der Waals surface area contributed by atoms with Crippen molar-refractivity contribution in [1.29, 1.82) is 0 Å².